The molecule has 0 fully saturated rings. The van der Waals surface area contributed by atoms with Crippen molar-refractivity contribution in [1.82, 2.24) is 9.78 Å². The van der Waals surface area contributed by atoms with Gasteiger partial charge >= 0.3 is 12.1 Å². The molecule has 0 spiro atoms. The third-order valence-corrected chi connectivity index (χ3v) is 3.77. The minimum atomic E-state index is -4.59. The van der Waals surface area contributed by atoms with E-state index in [1.54, 1.807) is 6.92 Å². The standard InChI is InChI=1S/C17H18ClF3N2O2/c1-5-25-15(24)11-9-23(22-14(11)16(2,3)4)10-6-7-13(18)12(8-10)17(19,20)21/h6-9H,5H2,1-4H3. The molecule has 4 nitrogen and oxygen atoms in total. The molecule has 136 valence electrons. The molecule has 0 saturated carbocycles. The molecule has 1 heterocycles. The van der Waals surface area contributed by atoms with Gasteiger partial charge in [0.25, 0.3) is 0 Å². The Morgan fingerprint density at radius 2 is 1.92 bits per heavy atom. The molecular weight excluding hydrogens is 357 g/mol. The number of rotatable bonds is 3. The van der Waals surface area contributed by atoms with Crippen LogP contribution in [0.1, 0.15) is 49.3 Å². The zero-order chi connectivity index (χ0) is 19.0. The molecule has 0 aliphatic heterocycles. The number of halogens is 4. The molecule has 0 atom stereocenters. The second-order valence-electron chi connectivity index (χ2n) is 6.47. The summed E-state index contributed by atoms with van der Waals surface area (Å²) in [6, 6.07) is 3.46. The quantitative estimate of drug-likeness (QED) is 0.708. The van der Waals surface area contributed by atoms with Crippen molar-refractivity contribution in [3.05, 3.63) is 46.2 Å². The largest absolute Gasteiger partial charge is 0.462 e. The highest BCUT2D eigenvalue weighted by atomic mass is 35.5. The second kappa shape index (κ2) is 6.71. The van der Waals surface area contributed by atoms with E-state index in [2.05, 4.69) is 5.10 Å². The van der Waals surface area contributed by atoms with E-state index in [1.165, 1.54) is 16.9 Å². The average Bonchev–Trinajstić information content (AvgIpc) is 2.92. The lowest BCUT2D eigenvalue weighted by Crippen LogP contribution is -2.18. The molecule has 0 unspecified atom stereocenters. The molecule has 2 aromatic rings. The molecule has 0 saturated heterocycles. The van der Waals surface area contributed by atoms with Crippen LogP contribution in [-0.4, -0.2) is 22.4 Å². The first-order valence-electron chi connectivity index (χ1n) is 7.59. The molecule has 0 aliphatic rings. The van der Waals surface area contributed by atoms with Gasteiger partial charge in [-0.25, -0.2) is 9.48 Å². The highest BCUT2D eigenvalue weighted by Crippen LogP contribution is 2.36. The molecule has 0 bridgehead atoms. The van der Waals surface area contributed by atoms with Crippen LogP contribution in [0.25, 0.3) is 5.69 Å². The molecule has 0 N–H and O–H groups in total. The Morgan fingerprint density at radius 1 is 1.28 bits per heavy atom. The number of aromatic nitrogens is 2. The average molecular weight is 375 g/mol. The van der Waals surface area contributed by atoms with Gasteiger partial charge in [0, 0.05) is 11.6 Å². The van der Waals surface area contributed by atoms with Crippen LogP contribution in [-0.2, 0) is 16.3 Å². The Kier molecular flexibility index (Phi) is 5.18. The fraction of sp³-hybridized carbons (Fsp3) is 0.412. The van der Waals surface area contributed by atoms with Gasteiger partial charge in [-0.3, -0.25) is 0 Å². The Balaban J connectivity index is 2.59. The molecule has 8 heteroatoms. The van der Waals surface area contributed by atoms with Gasteiger partial charge in [-0.15, -0.1) is 0 Å². The Bertz CT molecular complexity index is 792. The van der Waals surface area contributed by atoms with E-state index in [4.69, 9.17) is 16.3 Å². The SMILES string of the molecule is CCOC(=O)c1cn(-c2ccc(Cl)c(C(F)(F)F)c2)nc1C(C)(C)C. The third-order valence-electron chi connectivity index (χ3n) is 3.44. The normalized spacial score (nSPS) is 12.3. The molecule has 1 aromatic carbocycles. The van der Waals surface area contributed by atoms with Crippen LogP contribution in [0.5, 0.6) is 0 Å². The highest BCUT2D eigenvalue weighted by molar-refractivity contribution is 6.31. The smallest absolute Gasteiger partial charge is 0.417 e. The van der Waals surface area contributed by atoms with Crippen molar-refractivity contribution in [2.24, 2.45) is 0 Å². The van der Waals surface area contributed by atoms with Crippen LogP contribution in [0.15, 0.2) is 24.4 Å². The summed E-state index contributed by atoms with van der Waals surface area (Å²) in [7, 11) is 0. The monoisotopic (exact) mass is 374 g/mol. The maximum absolute atomic E-state index is 13.1. The number of hydrogen-bond acceptors (Lipinski definition) is 3. The molecule has 25 heavy (non-hydrogen) atoms. The Hall–Kier alpha value is -2.02. The van der Waals surface area contributed by atoms with E-state index in [1.807, 2.05) is 20.8 Å². The summed E-state index contributed by atoms with van der Waals surface area (Å²) in [5.74, 6) is -0.566. The van der Waals surface area contributed by atoms with Gasteiger partial charge in [0.05, 0.1) is 28.6 Å². The minimum absolute atomic E-state index is 0.151. The van der Waals surface area contributed by atoms with Gasteiger partial charge in [-0.1, -0.05) is 32.4 Å². The summed E-state index contributed by atoms with van der Waals surface area (Å²) in [5.41, 5.74) is -0.644. The maximum Gasteiger partial charge on any atom is 0.417 e. The highest BCUT2D eigenvalue weighted by Gasteiger charge is 2.34. The summed E-state index contributed by atoms with van der Waals surface area (Å²) in [5, 5.41) is 3.92. The molecule has 1 aromatic heterocycles. The molecule has 0 aliphatic carbocycles. The number of hydrogen-bond donors (Lipinski definition) is 0. The van der Waals surface area contributed by atoms with Crippen molar-refractivity contribution in [2.75, 3.05) is 6.61 Å². The number of nitrogens with zero attached hydrogens (tertiary/aromatic N) is 2. The predicted molar refractivity (Wildman–Crippen MR) is 88.2 cm³/mol. The van der Waals surface area contributed by atoms with Crippen LogP contribution in [0, 0.1) is 0 Å². The van der Waals surface area contributed by atoms with E-state index in [9.17, 15) is 18.0 Å². The van der Waals surface area contributed by atoms with Crippen molar-refractivity contribution < 1.29 is 22.7 Å². The van der Waals surface area contributed by atoms with E-state index in [0.29, 0.717) is 5.69 Å². The van der Waals surface area contributed by atoms with Gasteiger partial charge in [0.2, 0.25) is 0 Å². The number of benzene rings is 1. The predicted octanol–water partition coefficient (Wildman–Crippen LogP) is 5.02. The van der Waals surface area contributed by atoms with Gasteiger partial charge in [-0.2, -0.15) is 18.3 Å². The van der Waals surface area contributed by atoms with E-state index in [-0.39, 0.29) is 17.9 Å². The zero-order valence-electron chi connectivity index (χ0n) is 14.2. The van der Waals surface area contributed by atoms with E-state index >= 15 is 0 Å². The van der Waals surface area contributed by atoms with Gasteiger partial charge in [0.15, 0.2) is 0 Å². The first-order valence-corrected chi connectivity index (χ1v) is 7.97. The third kappa shape index (κ3) is 4.15. The van der Waals surface area contributed by atoms with Gasteiger partial charge < -0.3 is 4.74 Å². The molecule has 0 amide bonds. The summed E-state index contributed by atoms with van der Waals surface area (Å²) >= 11 is 5.65. The number of carbonyl (C=O) groups excluding carboxylic acids is 1. The van der Waals surface area contributed by atoms with Crippen LogP contribution in [0.3, 0.4) is 0 Å². The van der Waals surface area contributed by atoms with Crippen LogP contribution in [0.4, 0.5) is 13.2 Å². The number of carbonyl (C=O) groups is 1. The Labute approximate surface area is 148 Å². The molecule has 0 radical (unpaired) electrons. The lowest BCUT2D eigenvalue weighted by Gasteiger charge is -2.16. The van der Waals surface area contributed by atoms with Crippen LogP contribution < -0.4 is 0 Å². The first-order chi connectivity index (χ1) is 11.4. The van der Waals surface area contributed by atoms with Crippen molar-refractivity contribution >= 4 is 17.6 Å². The van der Waals surface area contributed by atoms with Crippen LogP contribution in [0.2, 0.25) is 5.02 Å². The Morgan fingerprint density at radius 3 is 2.44 bits per heavy atom. The summed E-state index contributed by atoms with van der Waals surface area (Å²) in [6.45, 7) is 7.42. The summed E-state index contributed by atoms with van der Waals surface area (Å²) in [6.07, 6.45) is -3.21. The van der Waals surface area contributed by atoms with Crippen molar-refractivity contribution in [2.45, 2.75) is 39.3 Å². The van der Waals surface area contributed by atoms with E-state index < -0.39 is 28.1 Å². The molecular formula is C17H18ClF3N2O2. The minimum Gasteiger partial charge on any atom is -0.462 e. The number of alkyl halides is 3. The lowest BCUT2D eigenvalue weighted by molar-refractivity contribution is -0.137. The van der Waals surface area contributed by atoms with Gasteiger partial charge in [0.1, 0.15) is 5.56 Å². The maximum atomic E-state index is 13.1. The fourth-order valence-corrected chi connectivity index (χ4v) is 2.52. The number of esters is 1. The summed E-state index contributed by atoms with van der Waals surface area (Å²) < 4.78 is 45.4. The summed E-state index contributed by atoms with van der Waals surface area (Å²) in [4.78, 5) is 12.2. The fourth-order valence-electron chi connectivity index (χ4n) is 2.29. The van der Waals surface area contributed by atoms with Crippen molar-refractivity contribution in [3.8, 4) is 5.69 Å². The molecule has 2 rings (SSSR count). The first kappa shape index (κ1) is 19.3. The van der Waals surface area contributed by atoms with Gasteiger partial charge in [-0.05, 0) is 25.1 Å². The lowest BCUT2D eigenvalue weighted by atomic mass is 9.90. The van der Waals surface area contributed by atoms with Crippen molar-refractivity contribution in [3.63, 3.8) is 0 Å². The topological polar surface area (TPSA) is 44.1 Å². The second-order valence-corrected chi connectivity index (χ2v) is 6.88. The zero-order valence-corrected chi connectivity index (χ0v) is 15.0. The van der Waals surface area contributed by atoms with Crippen LogP contribution >= 0.6 is 11.6 Å². The van der Waals surface area contributed by atoms with Crippen molar-refractivity contribution in [1.29, 1.82) is 0 Å². The van der Waals surface area contributed by atoms with E-state index in [0.717, 1.165) is 12.1 Å². The number of ether oxygens (including phenoxy) is 1.